The summed E-state index contributed by atoms with van der Waals surface area (Å²) in [6.07, 6.45) is 4.14. The number of anilines is 1. The van der Waals surface area contributed by atoms with Crippen molar-refractivity contribution in [3.8, 4) is 0 Å². The summed E-state index contributed by atoms with van der Waals surface area (Å²) in [4.78, 5) is 14.4. The first-order chi connectivity index (χ1) is 13.2. The first-order valence-electron chi connectivity index (χ1n) is 9.21. The van der Waals surface area contributed by atoms with Crippen LogP contribution in [0.1, 0.15) is 35.4 Å². The molecule has 3 heterocycles. The second kappa shape index (κ2) is 7.69. The van der Waals surface area contributed by atoms with Crippen molar-refractivity contribution in [2.24, 2.45) is 0 Å². The zero-order chi connectivity index (χ0) is 18.6. The van der Waals surface area contributed by atoms with Gasteiger partial charge in [0.2, 0.25) is 0 Å². The third-order valence-electron chi connectivity index (χ3n) is 4.73. The maximum absolute atomic E-state index is 12.9. The smallest absolute Gasteiger partial charge is 0.251 e. The molecule has 0 bridgehead atoms. The lowest BCUT2D eigenvalue weighted by Gasteiger charge is -2.27. The average molecular weight is 368 g/mol. The summed E-state index contributed by atoms with van der Waals surface area (Å²) < 4.78 is 14.7. The monoisotopic (exact) mass is 368 g/mol. The molecule has 0 spiro atoms. The average Bonchev–Trinajstić information content (AvgIpc) is 3.11. The summed E-state index contributed by atoms with van der Waals surface area (Å²) in [7, 11) is 0. The fourth-order valence-electron chi connectivity index (χ4n) is 3.26. The molecule has 1 N–H and O–H groups in total. The van der Waals surface area contributed by atoms with Crippen LogP contribution in [0.3, 0.4) is 0 Å². The van der Waals surface area contributed by atoms with Crippen molar-refractivity contribution in [2.45, 2.75) is 25.7 Å². The number of hydrogen-bond donors (Lipinski definition) is 1. The van der Waals surface area contributed by atoms with Crippen molar-refractivity contribution >= 4 is 17.4 Å². The quantitative estimate of drug-likeness (QED) is 0.747. The summed E-state index contributed by atoms with van der Waals surface area (Å²) in [6.45, 7) is 2.43. The highest BCUT2D eigenvalue weighted by Gasteiger charge is 2.15. The fourth-order valence-corrected chi connectivity index (χ4v) is 3.26. The van der Waals surface area contributed by atoms with Gasteiger partial charge in [0.1, 0.15) is 11.6 Å². The molecule has 8 heteroatoms. The van der Waals surface area contributed by atoms with E-state index in [1.54, 1.807) is 4.52 Å². The molecule has 1 aliphatic heterocycles. The molecule has 0 atom stereocenters. The third-order valence-corrected chi connectivity index (χ3v) is 4.73. The van der Waals surface area contributed by atoms with E-state index in [0.717, 1.165) is 18.9 Å². The van der Waals surface area contributed by atoms with Crippen molar-refractivity contribution in [1.82, 2.24) is 25.1 Å². The molecule has 2 aromatic heterocycles. The maximum atomic E-state index is 12.9. The molecule has 1 fully saturated rings. The molecule has 0 aliphatic carbocycles. The molecule has 1 amide bonds. The van der Waals surface area contributed by atoms with Gasteiger partial charge in [0.05, 0.1) is 0 Å². The maximum Gasteiger partial charge on any atom is 0.251 e. The van der Waals surface area contributed by atoms with E-state index in [0.29, 0.717) is 30.0 Å². The van der Waals surface area contributed by atoms with Crippen LogP contribution in [0.15, 0.2) is 36.4 Å². The number of piperidine rings is 1. The Kier molecular flexibility index (Phi) is 4.95. The number of halogens is 1. The van der Waals surface area contributed by atoms with Crippen molar-refractivity contribution in [3.63, 3.8) is 0 Å². The molecule has 0 unspecified atom stereocenters. The lowest BCUT2D eigenvalue weighted by atomic mass is 10.1. The molecule has 140 valence electrons. The Labute approximate surface area is 156 Å². The lowest BCUT2D eigenvalue weighted by molar-refractivity contribution is 0.0954. The van der Waals surface area contributed by atoms with Gasteiger partial charge in [0.25, 0.3) is 5.91 Å². The van der Waals surface area contributed by atoms with E-state index < -0.39 is 0 Å². The first kappa shape index (κ1) is 17.4. The SMILES string of the molecule is O=C(NCCc1nnc2ccc(N3CCCCC3)nn12)c1ccc(F)cc1. The van der Waals surface area contributed by atoms with Crippen molar-refractivity contribution < 1.29 is 9.18 Å². The van der Waals surface area contributed by atoms with Gasteiger partial charge in [-0.3, -0.25) is 4.79 Å². The molecule has 27 heavy (non-hydrogen) atoms. The summed E-state index contributed by atoms with van der Waals surface area (Å²) in [6, 6.07) is 9.37. The van der Waals surface area contributed by atoms with Crippen LogP contribution in [0.25, 0.3) is 5.65 Å². The van der Waals surface area contributed by atoms with Crippen LogP contribution in [0.4, 0.5) is 10.2 Å². The number of nitrogens with one attached hydrogen (secondary N) is 1. The third kappa shape index (κ3) is 3.89. The zero-order valence-corrected chi connectivity index (χ0v) is 14.9. The molecule has 7 nitrogen and oxygen atoms in total. The van der Waals surface area contributed by atoms with Gasteiger partial charge in [-0.15, -0.1) is 15.3 Å². The standard InChI is InChI=1S/C19H21FN6O/c20-15-6-4-14(5-7-15)19(27)21-11-10-17-23-22-16-8-9-18(24-26(16)17)25-12-2-1-3-13-25/h4-9H,1-3,10-13H2,(H,21,27). The molecular weight excluding hydrogens is 347 g/mol. The molecule has 1 aliphatic rings. The summed E-state index contributed by atoms with van der Waals surface area (Å²) >= 11 is 0. The lowest BCUT2D eigenvalue weighted by Crippen LogP contribution is -2.30. The van der Waals surface area contributed by atoms with Crippen molar-refractivity contribution in [1.29, 1.82) is 0 Å². The number of fused-ring (bicyclic) bond motifs is 1. The minimum atomic E-state index is -0.364. The fraction of sp³-hybridized carbons (Fsp3) is 0.368. The highest BCUT2D eigenvalue weighted by molar-refractivity contribution is 5.94. The van der Waals surface area contributed by atoms with Crippen LogP contribution < -0.4 is 10.2 Å². The summed E-state index contributed by atoms with van der Waals surface area (Å²) in [5.74, 6) is 1.02. The number of carbonyl (C=O) groups is 1. The topological polar surface area (TPSA) is 75.4 Å². The van der Waals surface area contributed by atoms with Gasteiger partial charge in [-0.2, -0.15) is 4.52 Å². The van der Waals surface area contributed by atoms with E-state index >= 15 is 0 Å². The molecule has 0 radical (unpaired) electrons. The Hall–Kier alpha value is -3.03. The van der Waals surface area contributed by atoms with Gasteiger partial charge in [0, 0.05) is 31.6 Å². The van der Waals surface area contributed by atoms with E-state index in [1.165, 1.54) is 43.5 Å². The van der Waals surface area contributed by atoms with E-state index in [4.69, 9.17) is 0 Å². The van der Waals surface area contributed by atoms with E-state index in [9.17, 15) is 9.18 Å². The second-order valence-corrected chi connectivity index (χ2v) is 6.64. The summed E-state index contributed by atoms with van der Waals surface area (Å²) in [5, 5.41) is 15.8. The Morgan fingerprint density at radius 3 is 2.59 bits per heavy atom. The van der Waals surface area contributed by atoms with Crippen molar-refractivity contribution in [2.75, 3.05) is 24.5 Å². The number of hydrogen-bond acceptors (Lipinski definition) is 5. The highest BCUT2D eigenvalue weighted by atomic mass is 19.1. The van der Waals surface area contributed by atoms with Crippen LogP contribution in [-0.4, -0.2) is 45.4 Å². The Morgan fingerprint density at radius 1 is 1.04 bits per heavy atom. The van der Waals surface area contributed by atoms with Gasteiger partial charge in [-0.1, -0.05) is 0 Å². The zero-order valence-electron chi connectivity index (χ0n) is 14.9. The molecular formula is C19H21FN6O. The first-order valence-corrected chi connectivity index (χ1v) is 9.21. The summed E-state index contributed by atoms with van der Waals surface area (Å²) in [5.41, 5.74) is 1.11. The molecule has 4 rings (SSSR count). The predicted molar refractivity (Wildman–Crippen MR) is 99.3 cm³/mol. The van der Waals surface area contributed by atoms with E-state index in [2.05, 4.69) is 25.5 Å². The van der Waals surface area contributed by atoms with Gasteiger partial charge in [-0.05, 0) is 55.7 Å². The Morgan fingerprint density at radius 2 is 1.81 bits per heavy atom. The number of carbonyl (C=O) groups excluding carboxylic acids is 1. The number of benzene rings is 1. The van der Waals surface area contributed by atoms with Crippen LogP contribution in [0.5, 0.6) is 0 Å². The van der Waals surface area contributed by atoms with Crippen LogP contribution >= 0.6 is 0 Å². The van der Waals surface area contributed by atoms with Gasteiger partial charge < -0.3 is 10.2 Å². The van der Waals surface area contributed by atoms with Gasteiger partial charge in [-0.25, -0.2) is 4.39 Å². The van der Waals surface area contributed by atoms with Crippen LogP contribution in [0.2, 0.25) is 0 Å². The minimum absolute atomic E-state index is 0.245. The Balaban J connectivity index is 1.42. The van der Waals surface area contributed by atoms with E-state index in [1.807, 2.05) is 12.1 Å². The van der Waals surface area contributed by atoms with Gasteiger partial charge in [0.15, 0.2) is 11.5 Å². The molecule has 3 aromatic rings. The second-order valence-electron chi connectivity index (χ2n) is 6.64. The van der Waals surface area contributed by atoms with Crippen LogP contribution in [0, 0.1) is 5.82 Å². The number of nitrogens with zero attached hydrogens (tertiary/aromatic N) is 5. The highest BCUT2D eigenvalue weighted by Crippen LogP contribution is 2.18. The predicted octanol–water partition coefficient (Wildman–Crippen LogP) is 2.23. The van der Waals surface area contributed by atoms with Crippen molar-refractivity contribution in [3.05, 3.63) is 53.6 Å². The minimum Gasteiger partial charge on any atom is -0.355 e. The Bertz CT molecular complexity index is 933. The van der Waals surface area contributed by atoms with Gasteiger partial charge >= 0.3 is 0 Å². The number of rotatable bonds is 5. The molecule has 0 saturated carbocycles. The molecule has 1 aromatic carbocycles. The van der Waals surface area contributed by atoms with Crippen LogP contribution in [-0.2, 0) is 6.42 Å². The van der Waals surface area contributed by atoms with E-state index in [-0.39, 0.29) is 11.7 Å². The molecule has 1 saturated heterocycles. The number of amides is 1. The number of aromatic nitrogens is 4. The normalized spacial score (nSPS) is 14.5. The largest absolute Gasteiger partial charge is 0.355 e.